The van der Waals surface area contributed by atoms with Crippen molar-refractivity contribution in [3.05, 3.63) is 81.5 Å². The molecule has 0 spiro atoms. The maximum absolute atomic E-state index is 11.9. The van der Waals surface area contributed by atoms with Crippen LogP contribution in [0.4, 0.5) is 11.4 Å². The third-order valence-electron chi connectivity index (χ3n) is 6.62. The van der Waals surface area contributed by atoms with Crippen molar-refractivity contribution in [3.8, 4) is 20.9 Å². The van der Waals surface area contributed by atoms with Crippen LogP contribution in [0.1, 0.15) is 31.8 Å². The van der Waals surface area contributed by atoms with Gasteiger partial charge >= 0.3 is 0 Å². The molecular formula is C26H14N2O4S2. The Morgan fingerprint density at radius 3 is 1.41 bits per heavy atom. The fourth-order valence-electron chi connectivity index (χ4n) is 5.12. The monoisotopic (exact) mass is 482 g/mol. The van der Waals surface area contributed by atoms with Crippen LogP contribution in [-0.4, -0.2) is 23.4 Å². The van der Waals surface area contributed by atoms with E-state index >= 15 is 0 Å². The lowest BCUT2D eigenvalue weighted by Gasteiger charge is -2.24. The largest absolute Gasteiger partial charge is 0.300 e. The number of ketones is 2. The molecule has 2 amide bonds. The van der Waals surface area contributed by atoms with Gasteiger partial charge in [-0.15, -0.1) is 22.7 Å². The molecule has 0 bridgehead atoms. The van der Waals surface area contributed by atoms with Gasteiger partial charge in [-0.25, -0.2) is 0 Å². The number of carbonyl (C=O) groups excluding carboxylic acids is 4. The first-order valence-corrected chi connectivity index (χ1v) is 12.4. The van der Waals surface area contributed by atoms with Gasteiger partial charge in [0, 0.05) is 20.9 Å². The molecule has 0 saturated heterocycles. The summed E-state index contributed by atoms with van der Waals surface area (Å²) in [5.41, 5.74) is 6.98. The Balaban J connectivity index is 0.000000118. The molecule has 4 aromatic rings. The van der Waals surface area contributed by atoms with E-state index in [1.165, 1.54) is 9.75 Å². The Hall–Kier alpha value is -3.88. The minimum atomic E-state index is -0.399. The molecule has 6 heterocycles. The fraction of sp³-hybridized carbons (Fsp3) is 0.0769. The summed E-state index contributed by atoms with van der Waals surface area (Å²) in [6, 6.07) is 15.2. The van der Waals surface area contributed by atoms with E-state index in [9.17, 15) is 19.2 Å². The van der Waals surface area contributed by atoms with Gasteiger partial charge in [0.05, 0.1) is 35.6 Å². The number of thiophene rings is 2. The van der Waals surface area contributed by atoms with Crippen LogP contribution in [0.5, 0.6) is 0 Å². The zero-order valence-corrected chi connectivity index (χ0v) is 19.2. The van der Waals surface area contributed by atoms with Gasteiger partial charge in [0.1, 0.15) is 0 Å². The number of carbonyl (C=O) groups is 4. The molecule has 6 nitrogen and oxygen atoms in total. The lowest BCUT2D eigenvalue weighted by molar-refractivity contribution is -0.115. The van der Waals surface area contributed by atoms with Crippen LogP contribution in [-0.2, 0) is 22.7 Å². The number of nitrogens with zero attached hydrogens (tertiary/aromatic N) is 2. The van der Waals surface area contributed by atoms with Crippen molar-refractivity contribution >= 4 is 57.4 Å². The fourth-order valence-corrected chi connectivity index (χ4v) is 7.00. The summed E-state index contributed by atoms with van der Waals surface area (Å²) >= 11 is 3.32. The third-order valence-corrected chi connectivity index (χ3v) is 8.60. The van der Waals surface area contributed by atoms with Gasteiger partial charge in [-0.05, 0) is 46.2 Å². The van der Waals surface area contributed by atoms with Crippen LogP contribution in [0.3, 0.4) is 0 Å². The Kier molecular flexibility index (Phi) is 3.92. The molecule has 0 saturated carbocycles. The van der Waals surface area contributed by atoms with Gasteiger partial charge in [0.15, 0.2) is 0 Å². The highest BCUT2D eigenvalue weighted by Gasteiger charge is 2.41. The molecule has 0 N–H and O–H groups in total. The second-order valence-corrected chi connectivity index (χ2v) is 10.2. The molecule has 0 unspecified atom stereocenters. The molecule has 8 heteroatoms. The van der Waals surface area contributed by atoms with Crippen LogP contribution >= 0.6 is 22.7 Å². The zero-order valence-electron chi connectivity index (χ0n) is 17.5. The molecule has 4 aliphatic heterocycles. The van der Waals surface area contributed by atoms with Gasteiger partial charge in [0.25, 0.3) is 23.4 Å². The minimum Gasteiger partial charge on any atom is -0.300 e. The predicted octanol–water partition coefficient (Wildman–Crippen LogP) is 4.92. The number of hydrogen-bond acceptors (Lipinski definition) is 6. The minimum absolute atomic E-state index is 0.378. The highest BCUT2D eigenvalue weighted by molar-refractivity contribution is 7.14. The molecule has 8 rings (SSSR count). The lowest BCUT2D eigenvalue weighted by atomic mass is 10.0. The second kappa shape index (κ2) is 6.82. The van der Waals surface area contributed by atoms with Crippen LogP contribution in [0.2, 0.25) is 0 Å². The summed E-state index contributed by atoms with van der Waals surface area (Å²) in [7, 11) is 0. The third kappa shape index (κ3) is 2.44. The van der Waals surface area contributed by atoms with Crippen molar-refractivity contribution in [2.45, 2.75) is 13.1 Å². The maximum atomic E-state index is 11.9. The highest BCUT2D eigenvalue weighted by Crippen LogP contribution is 2.48. The van der Waals surface area contributed by atoms with Gasteiger partial charge < -0.3 is 0 Å². The van der Waals surface area contributed by atoms with Crippen molar-refractivity contribution < 1.29 is 19.2 Å². The van der Waals surface area contributed by atoms with E-state index in [-0.39, 0.29) is 11.6 Å². The van der Waals surface area contributed by atoms with Crippen molar-refractivity contribution in [2.24, 2.45) is 0 Å². The first-order valence-electron chi connectivity index (χ1n) is 10.7. The normalized spacial score (nSPS) is 16.1. The Bertz CT molecular complexity index is 1490. The highest BCUT2D eigenvalue weighted by atomic mass is 32.1. The number of amides is 2. The summed E-state index contributed by atoms with van der Waals surface area (Å²) in [6.45, 7) is 1.04. The van der Waals surface area contributed by atoms with E-state index in [0.717, 1.165) is 33.6 Å². The standard InChI is InChI=1S/2C13H7NO2S/c2*15-11-8-2-1-3-9-10(8)14(13(11)16)6-7-4-5-17-12(7)9/h2*1-5H,6H2. The van der Waals surface area contributed by atoms with Gasteiger partial charge in [-0.3, -0.25) is 29.0 Å². The first-order chi connectivity index (χ1) is 16.5. The summed E-state index contributed by atoms with van der Waals surface area (Å²) in [4.78, 5) is 53.0. The van der Waals surface area contributed by atoms with Crippen LogP contribution in [0.15, 0.2) is 59.3 Å². The molecule has 164 valence electrons. The number of Topliss-reactive ketones (excluding diaryl/α,β-unsaturated/α-hetero) is 2. The second-order valence-electron chi connectivity index (χ2n) is 8.39. The number of fused-ring (bicyclic) bond motifs is 4. The topological polar surface area (TPSA) is 74.8 Å². The summed E-state index contributed by atoms with van der Waals surface area (Å²) in [6.07, 6.45) is 0. The Labute approximate surface area is 201 Å². The molecule has 2 aromatic carbocycles. The van der Waals surface area contributed by atoms with E-state index in [1.54, 1.807) is 44.6 Å². The lowest BCUT2D eigenvalue weighted by Crippen LogP contribution is -2.30. The van der Waals surface area contributed by atoms with Crippen LogP contribution in [0, 0.1) is 0 Å². The Morgan fingerprint density at radius 1 is 0.559 bits per heavy atom. The van der Waals surface area contributed by atoms with Crippen LogP contribution < -0.4 is 9.80 Å². The maximum Gasteiger partial charge on any atom is 0.299 e. The number of anilines is 2. The predicted molar refractivity (Wildman–Crippen MR) is 131 cm³/mol. The molecule has 0 fully saturated rings. The molecule has 34 heavy (non-hydrogen) atoms. The number of rotatable bonds is 0. The smallest absolute Gasteiger partial charge is 0.299 e. The number of hydrogen-bond donors (Lipinski definition) is 0. The van der Waals surface area contributed by atoms with E-state index in [2.05, 4.69) is 0 Å². The SMILES string of the molecule is O=C1C(=O)N2Cc3ccsc3-c3cccc1c32.O=C1C(=O)N2Cc3ccsc3-c3cccc1c32. The molecule has 0 atom stereocenters. The first kappa shape index (κ1) is 19.6. The van der Waals surface area contributed by atoms with Gasteiger partial charge in [0.2, 0.25) is 0 Å². The average Bonchev–Trinajstić information content (AvgIpc) is 3.63. The summed E-state index contributed by atoms with van der Waals surface area (Å²) < 4.78 is 0. The Morgan fingerprint density at radius 2 is 0.971 bits per heavy atom. The molecule has 0 aliphatic carbocycles. The van der Waals surface area contributed by atoms with Crippen molar-refractivity contribution in [1.29, 1.82) is 0 Å². The van der Waals surface area contributed by atoms with E-state index in [4.69, 9.17) is 0 Å². The van der Waals surface area contributed by atoms with Gasteiger partial charge in [-0.1, -0.05) is 24.3 Å². The summed E-state index contributed by atoms with van der Waals surface area (Å²) in [5.74, 6) is -1.55. The quantitative estimate of drug-likeness (QED) is 0.334. The van der Waals surface area contributed by atoms with Crippen molar-refractivity contribution in [1.82, 2.24) is 0 Å². The molecule has 2 aromatic heterocycles. The van der Waals surface area contributed by atoms with E-state index in [0.29, 0.717) is 24.2 Å². The van der Waals surface area contributed by atoms with E-state index in [1.807, 2.05) is 47.2 Å². The number of benzene rings is 2. The number of para-hydroxylation sites is 2. The van der Waals surface area contributed by atoms with E-state index < -0.39 is 11.8 Å². The van der Waals surface area contributed by atoms with Crippen molar-refractivity contribution in [2.75, 3.05) is 9.80 Å². The average molecular weight is 483 g/mol. The molecule has 4 aliphatic rings. The van der Waals surface area contributed by atoms with Gasteiger partial charge in [-0.2, -0.15) is 0 Å². The molecule has 0 radical (unpaired) electrons. The van der Waals surface area contributed by atoms with Crippen LogP contribution in [0.25, 0.3) is 20.9 Å². The molecular weight excluding hydrogens is 468 g/mol. The zero-order chi connectivity index (χ0) is 23.1. The summed E-state index contributed by atoms with van der Waals surface area (Å²) in [5, 5.41) is 4.05. The van der Waals surface area contributed by atoms with Crippen molar-refractivity contribution in [3.63, 3.8) is 0 Å².